The Labute approximate surface area is 164 Å². The van der Waals surface area contributed by atoms with Gasteiger partial charge in [0.1, 0.15) is 0 Å². The number of nitrogens with one attached hydrogen (secondary N) is 2. The third-order valence-electron chi connectivity index (χ3n) is 4.64. The molecule has 1 fully saturated rings. The number of hydrogen-bond donors (Lipinski definition) is 2. The van der Waals surface area contributed by atoms with E-state index in [1.54, 1.807) is 22.8 Å². The Hall–Kier alpha value is -1.54. The summed E-state index contributed by atoms with van der Waals surface area (Å²) in [6, 6.07) is 5.30. The molecule has 2 N–H and O–H groups in total. The second-order valence-corrected chi connectivity index (χ2v) is 6.70. The molecule has 0 aliphatic carbocycles. The quantitative estimate of drug-likeness (QED) is 0.766. The van der Waals surface area contributed by atoms with Crippen molar-refractivity contribution in [3.05, 3.63) is 28.7 Å². The minimum Gasteiger partial charge on any atom is -0.408 e. The zero-order valence-corrected chi connectivity index (χ0v) is 16.8. The third-order valence-corrected chi connectivity index (χ3v) is 4.64. The number of oxazole rings is 1. The van der Waals surface area contributed by atoms with Crippen LogP contribution < -0.4 is 16.4 Å². The molecule has 1 aromatic carbocycles. The summed E-state index contributed by atoms with van der Waals surface area (Å²) in [6.45, 7) is 5.00. The molecule has 9 heteroatoms. The lowest BCUT2D eigenvalue weighted by Crippen LogP contribution is -2.48. The van der Waals surface area contributed by atoms with E-state index in [1.807, 2.05) is 25.9 Å². The van der Waals surface area contributed by atoms with E-state index in [-0.39, 0.29) is 42.4 Å². The summed E-state index contributed by atoms with van der Waals surface area (Å²) >= 11 is 0. The zero-order chi connectivity index (χ0) is 17.3. The van der Waals surface area contributed by atoms with Gasteiger partial charge in [-0.3, -0.25) is 9.36 Å². The maximum Gasteiger partial charge on any atom is 0.419 e. The summed E-state index contributed by atoms with van der Waals surface area (Å²) in [5, 5.41) is 6.13. The van der Waals surface area contributed by atoms with Crippen LogP contribution in [0.25, 0.3) is 11.1 Å². The van der Waals surface area contributed by atoms with Crippen molar-refractivity contribution in [2.24, 2.45) is 11.8 Å². The van der Waals surface area contributed by atoms with Crippen molar-refractivity contribution in [1.29, 1.82) is 0 Å². The Balaban J connectivity index is 0.00000169. The molecule has 1 aliphatic heterocycles. The van der Waals surface area contributed by atoms with E-state index in [9.17, 15) is 9.59 Å². The molecular formula is C17H26Cl2N4O3. The van der Waals surface area contributed by atoms with Crippen molar-refractivity contribution in [2.45, 2.75) is 13.5 Å². The molecule has 3 rings (SSSR count). The van der Waals surface area contributed by atoms with Gasteiger partial charge in [-0.2, -0.15) is 0 Å². The molecule has 7 nitrogen and oxygen atoms in total. The van der Waals surface area contributed by atoms with Crippen LogP contribution in [0.2, 0.25) is 0 Å². The van der Waals surface area contributed by atoms with Crippen LogP contribution in [0, 0.1) is 11.8 Å². The molecule has 0 spiro atoms. The molecule has 2 heterocycles. The highest BCUT2D eigenvalue weighted by atomic mass is 35.5. The predicted molar refractivity (Wildman–Crippen MR) is 108 cm³/mol. The Morgan fingerprint density at radius 3 is 2.65 bits per heavy atom. The number of nitrogens with zero attached hydrogens (tertiary/aromatic N) is 2. The fraction of sp³-hybridized carbons (Fsp3) is 0.529. The maximum atomic E-state index is 12.4. The average molecular weight is 405 g/mol. The summed E-state index contributed by atoms with van der Waals surface area (Å²) in [7, 11) is 3.91. The first-order chi connectivity index (χ1) is 11.5. The lowest BCUT2D eigenvalue weighted by Gasteiger charge is -2.31. The van der Waals surface area contributed by atoms with Crippen LogP contribution in [-0.2, 0) is 11.3 Å². The first-order valence-corrected chi connectivity index (χ1v) is 8.25. The lowest BCUT2D eigenvalue weighted by atomic mass is 9.88. The highest BCUT2D eigenvalue weighted by Gasteiger charge is 2.28. The first kappa shape index (κ1) is 22.5. The molecule has 1 aromatic heterocycles. The number of anilines is 1. The fourth-order valence-corrected chi connectivity index (χ4v) is 2.79. The van der Waals surface area contributed by atoms with Crippen LogP contribution in [0.15, 0.2) is 27.4 Å². The van der Waals surface area contributed by atoms with Gasteiger partial charge in [0.2, 0.25) is 5.91 Å². The number of likely N-dealkylation sites (N-methyl/N-ethyl adjacent to an activating group) is 1. The van der Waals surface area contributed by atoms with E-state index in [0.29, 0.717) is 29.2 Å². The van der Waals surface area contributed by atoms with E-state index < -0.39 is 0 Å². The Kier molecular flexibility index (Phi) is 8.15. The molecule has 0 bridgehead atoms. The summed E-state index contributed by atoms with van der Waals surface area (Å²) in [5.74, 6) is -0.0149. The van der Waals surface area contributed by atoms with Gasteiger partial charge in [-0.15, -0.1) is 24.8 Å². The van der Waals surface area contributed by atoms with E-state index in [0.717, 1.165) is 19.6 Å². The maximum absolute atomic E-state index is 12.4. The van der Waals surface area contributed by atoms with Gasteiger partial charge in [-0.1, -0.05) is 6.92 Å². The number of carbonyl (C=O) groups is 1. The summed E-state index contributed by atoms with van der Waals surface area (Å²) in [6.07, 6.45) is 0. The highest BCUT2D eigenvalue weighted by Crippen LogP contribution is 2.21. The SMILES string of the molecule is CC(C(=O)Nc1ccc2oc(=O)n(CCN(C)C)c2c1)C1CNC1.Cl.Cl. The second-order valence-electron chi connectivity index (χ2n) is 6.70. The van der Waals surface area contributed by atoms with Crippen LogP contribution in [-0.4, -0.2) is 49.1 Å². The van der Waals surface area contributed by atoms with Gasteiger partial charge in [0.25, 0.3) is 0 Å². The van der Waals surface area contributed by atoms with Crippen LogP contribution in [0.4, 0.5) is 5.69 Å². The molecule has 26 heavy (non-hydrogen) atoms. The van der Waals surface area contributed by atoms with Crippen LogP contribution in [0.3, 0.4) is 0 Å². The first-order valence-electron chi connectivity index (χ1n) is 8.25. The van der Waals surface area contributed by atoms with Crippen molar-refractivity contribution in [2.75, 3.05) is 39.0 Å². The van der Waals surface area contributed by atoms with E-state index >= 15 is 0 Å². The van der Waals surface area contributed by atoms with Crippen molar-refractivity contribution in [3.8, 4) is 0 Å². The molecule has 1 amide bonds. The molecule has 1 atom stereocenters. The van der Waals surface area contributed by atoms with Gasteiger partial charge < -0.3 is 20.0 Å². The van der Waals surface area contributed by atoms with Crippen LogP contribution in [0.1, 0.15) is 6.92 Å². The van der Waals surface area contributed by atoms with E-state index in [2.05, 4.69) is 10.6 Å². The van der Waals surface area contributed by atoms with Gasteiger partial charge in [0.05, 0.1) is 5.52 Å². The van der Waals surface area contributed by atoms with Crippen molar-refractivity contribution in [3.63, 3.8) is 0 Å². The predicted octanol–water partition coefficient (Wildman–Crippen LogP) is 1.79. The number of aromatic nitrogens is 1. The molecule has 146 valence electrons. The molecule has 1 saturated heterocycles. The van der Waals surface area contributed by atoms with Gasteiger partial charge >= 0.3 is 5.76 Å². The molecule has 1 unspecified atom stereocenters. The fourth-order valence-electron chi connectivity index (χ4n) is 2.79. The number of halogens is 2. The second kappa shape index (κ2) is 9.41. The van der Waals surface area contributed by atoms with Gasteiger partial charge in [-0.25, -0.2) is 4.79 Å². The normalized spacial score (nSPS) is 15.1. The molecule has 1 aliphatic rings. The Morgan fingerprint density at radius 1 is 1.38 bits per heavy atom. The average Bonchev–Trinajstić information content (AvgIpc) is 2.78. The van der Waals surface area contributed by atoms with E-state index in [4.69, 9.17) is 4.42 Å². The Bertz CT molecular complexity index is 799. The van der Waals surface area contributed by atoms with Gasteiger partial charge in [-0.05, 0) is 51.3 Å². The van der Waals surface area contributed by atoms with Gasteiger partial charge in [0.15, 0.2) is 5.58 Å². The zero-order valence-electron chi connectivity index (χ0n) is 15.2. The number of rotatable bonds is 6. The van der Waals surface area contributed by atoms with Crippen molar-refractivity contribution in [1.82, 2.24) is 14.8 Å². The monoisotopic (exact) mass is 404 g/mol. The third kappa shape index (κ3) is 4.79. The molecule has 0 saturated carbocycles. The van der Waals surface area contributed by atoms with Gasteiger partial charge in [0, 0.05) is 24.7 Å². The minimum atomic E-state index is -0.371. The number of hydrogen-bond acceptors (Lipinski definition) is 5. The van der Waals surface area contributed by atoms with Crippen molar-refractivity contribution < 1.29 is 9.21 Å². The summed E-state index contributed by atoms with van der Waals surface area (Å²) in [4.78, 5) is 26.4. The number of fused-ring (bicyclic) bond motifs is 1. The summed E-state index contributed by atoms with van der Waals surface area (Å²) in [5.41, 5.74) is 1.93. The number of benzene rings is 1. The smallest absolute Gasteiger partial charge is 0.408 e. The number of amides is 1. The summed E-state index contributed by atoms with van der Waals surface area (Å²) < 4.78 is 6.87. The molecule has 2 aromatic rings. The standard InChI is InChI=1S/C17H24N4O3.2ClH/c1-11(12-9-18-10-12)16(22)19-13-4-5-15-14(8-13)21(17(23)24-15)7-6-20(2)3;;/h4-5,8,11-12,18H,6-7,9-10H2,1-3H3,(H,19,22);2*1H. The highest BCUT2D eigenvalue weighted by molar-refractivity contribution is 5.94. The van der Waals surface area contributed by atoms with Crippen molar-refractivity contribution >= 4 is 47.5 Å². The van der Waals surface area contributed by atoms with Crippen LogP contribution >= 0.6 is 24.8 Å². The molecular weight excluding hydrogens is 379 g/mol. The number of carbonyl (C=O) groups excluding carboxylic acids is 1. The van der Waals surface area contributed by atoms with E-state index in [1.165, 1.54) is 0 Å². The lowest BCUT2D eigenvalue weighted by molar-refractivity contribution is -0.121. The minimum absolute atomic E-state index is 0. The van der Waals surface area contributed by atoms with Crippen LogP contribution in [0.5, 0.6) is 0 Å². The largest absolute Gasteiger partial charge is 0.419 e. The Morgan fingerprint density at radius 2 is 2.08 bits per heavy atom. The molecule has 0 radical (unpaired) electrons. The topological polar surface area (TPSA) is 79.5 Å².